The van der Waals surface area contributed by atoms with E-state index in [1.165, 1.54) is 22.5 Å². The van der Waals surface area contributed by atoms with Gasteiger partial charge in [-0.15, -0.1) is 0 Å². The summed E-state index contributed by atoms with van der Waals surface area (Å²) < 4.78 is 2.21. The van der Waals surface area contributed by atoms with Gasteiger partial charge in [0.2, 0.25) is 0 Å². The van der Waals surface area contributed by atoms with Crippen molar-refractivity contribution in [2.75, 3.05) is 0 Å². The van der Waals surface area contributed by atoms with Gasteiger partial charge in [0.1, 0.15) is 0 Å². The Balaban J connectivity index is 2.62. The highest BCUT2D eigenvalue weighted by Gasteiger charge is 2.07. The molecule has 0 saturated heterocycles. The summed E-state index contributed by atoms with van der Waals surface area (Å²) in [7, 11) is 2.10. The van der Waals surface area contributed by atoms with Gasteiger partial charge in [0, 0.05) is 30.7 Å². The lowest BCUT2D eigenvalue weighted by molar-refractivity contribution is 0.889. The number of nitrogens with zero attached hydrogens (tertiary/aromatic N) is 2. The van der Waals surface area contributed by atoms with Crippen LogP contribution in [0.3, 0.4) is 0 Å². The molecule has 2 aromatic rings. The van der Waals surface area contributed by atoms with Crippen molar-refractivity contribution in [3.8, 4) is 11.3 Å². The van der Waals surface area contributed by atoms with Crippen molar-refractivity contribution in [2.45, 2.75) is 13.8 Å². The van der Waals surface area contributed by atoms with E-state index in [0.717, 1.165) is 0 Å². The summed E-state index contributed by atoms with van der Waals surface area (Å²) in [6, 6.07) is 6.29. The molecule has 0 fully saturated rings. The SMILES string of the molecule is Cc1cc(C)n(C)c1-c1ccncc1. The Kier molecular flexibility index (Phi) is 2.12. The van der Waals surface area contributed by atoms with Crippen LogP contribution in [-0.4, -0.2) is 9.55 Å². The first kappa shape index (κ1) is 9.00. The molecule has 0 N–H and O–H groups in total. The predicted octanol–water partition coefficient (Wildman–Crippen LogP) is 2.70. The molecule has 2 aromatic heterocycles. The second-order valence-corrected chi connectivity index (χ2v) is 3.61. The average Bonchev–Trinajstić information content (AvgIpc) is 2.43. The van der Waals surface area contributed by atoms with Crippen molar-refractivity contribution < 1.29 is 0 Å². The number of rotatable bonds is 1. The molecule has 0 aliphatic carbocycles. The third-order valence-corrected chi connectivity index (χ3v) is 2.62. The van der Waals surface area contributed by atoms with Gasteiger partial charge in [-0.3, -0.25) is 4.98 Å². The number of hydrogen-bond acceptors (Lipinski definition) is 1. The fraction of sp³-hybridized carbons (Fsp3) is 0.250. The van der Waals surface area contributed by atoms with Crippen molar-refractivity contribution in [1.82, 2.24) is 9.55 Å². The Morgan fingerprint density at radius 2 is 1.79 bits per heavy atom. The van der Waals surface area contributed by atoms with Crippen LogP contribution in [0.15, 0.2) is 30.6 Å². The van der Waals surface area contributed by atoms with Crippen molar-refractivity contribution >= 4 is 0 Å². The number of hydrogen-bond donors (Lipinski definition) is 0. The molecule has 0 amide bonds. The zero-order valence-corrected chi connectivity index (χ0v) is 8.78. The molecule has 0 atom stereocenters. The minimum atomic E-state index is 1.23. The van der Waals surface area contributed by atoms with E-state index < -0.39 is 0 Å². The van der Waals surface area contributed by atoms with E-state index in [9.17, 15) is 0 Å². The average molecular weight is 186 g/mol. The zero-order chi connectivity index (χ0) is 10.1. The monoisotopic (exact) mass is 186 g/mol. The maximum Gasteiger partial charge on any atom is 0.0510 e. The first-order valence-corrected chi connectivity index (χ1v) is 4.73. The molecule has 14 heavy (non-hydrogen) atoms. The largest absolute Gasteiger partial charge is 0.348 e. The highest BCUT2D eigenvalue weighted by molar-refractivity contribution is 5.64. The highest BCUT2D eigenvalue weighted by atomic mass is 15.0. The smallest absolute Gasteiger partial charge is 0.0510 e. The second kappa shape index (κ2) is 3.29. The van der Waals surface area contributed by atoms with Crippen molar-refractivity contribution in [1.29, 1.82) is 0 Å². The molecule has 0 radical (unpaired) electrons. The molecule has 2 nitrogen and oxygen atoms in total. The molecule has 0 aliphatic heterocycles. The summed E-state index contributed by atoms with van der Waals surface area (Å²) in [5.74, 6) is 0. The van der Waals surface area contributed by atoms with Crippen LogP contribution in [0.1, 0.15) is 11.3 Å². The highest BCUT2D eigenvalue weighted by Crippen LogP contribution is 2.24. The van der Waals surface area contributed by atoms with Crippen LogP contribution in [0.4, 0.5) is 0 Å². The quantitative estimate of drug-likeness (QED) is 0.669. The molecule has 0 saturated carbocycles. The Morgan fingerprint density at radius 1 is 1.14 bits per heavy atom. The molecule has 0 aromatic carbocycles. The van der Waals surface area contributed by atoms with Crippen LogP contribution in [0, 0.1) is 13.8 Å². The maximum absolute atomic E-state index is 4.03. The van der Waals surface area contributed by atoms with Gasteiger partial charge in [-0.05, 0) is 37.6 Å². The summed E-state index contributed by atoms with van der Waals surface area (Å²) >= 11 is 0. The Morgan fingerprint density at radius 3 is 2.29 bits per heavy atom. The van der Waals surface area contributed by atoms with Gasteiger partial charge in [-0.2, -0.15) is 0 Å². The fourth-order valence-corrected chi connectivity index (χ4v) is 1.85. The third kappa shape index (κ3) is 1.33. The lowest BCUT2D eigenvalue weighted by Crippen LogP contribution is -1.94. The van der Waals surface area contributed by atoms with Crippen LogP contribution in [-0.2, 0) is 7.05 Å². The fourth-order valence-electron chi connectivity index (χ4n) is 1.85. The van der Waals surface area contributed by atoms with Gasteiger partial charge < -0.3 is 4.57 Å². The van der Waals surface area contributed by atoms with Crippen LogP contribution in [0.25, 0.3) is 11.3 Å². The molecule has 2 heteroatoms. The van der Waals surface area contributed by atoms with Crippen molar-refractivity contribution in [2.24, 2.45) is 7.05 Å². The summed E-state index contributed by atoms with van der Waals surface area (Å²) in [5, 5.41) is 0. The minimum absolute atomic E-state index is 1.23. The van der Waals surface area contributed by atoms with Gasteiger partial charge in [-0.25, -0.2) is 0 Å². The van der Waals surface area contributed by atoms with E-state index >= 15 is 0 Å². The second-order valence-electron chi connectivity index (χ2n) is 3.61. The zero-order valence-electron chi connectivity index (χ0n) is 8.78. The number of aryl methyl sites for hydroxylation is 2. The molecular weight excluding hydrogens is 172 g/mol. The molecule has 0 aliphatic rings. The maximum atomic E-state index is 4.03. The van der Waals surface area contributed by atoms with Gasteiger partial charge >= 0.3 is 0 Å². The lowest BCUT2D eigenvalue weighted by Gasteiger charge is -2.06. The summed E-state index contributed by atoms with van der Waals surface area (Å²) in [6.45, 7) is 4.26. The lowest BCUT2D eigenvalue weighted by atomic mass is 10.1. The molecular formula is C12H14N2. The molecule has 72 valence electrons. The normalized spacial score (nSPS) is 10.5. The van der Waals surface area contributed by atoms with Gasteiger partial charge in [0.15, 0.2) is 0 Å². The van der Waals surface area contributed by atoms with Gasteiger partial charge in [0.05, 0.1) is 5.69 Å². The van der Waals surface area contributed by atoms with E-state index in [4.69, 9.17) is 0 Å². The van der Waals surface area contributed by atoms with Crippen LogP contribution < -0.4 is 0 Å². The Hall–Kier alpha value is -1.57. The number of pyridine rings is 1. The van der Waals surface area contributed by atoms with E-state index in [1.54, 1.807) is 0 Å². The van der Waals surface area contributed by atoms with Crippen LogP contribution in [0.5, 0.6) is 0 Å². The third-order valence-electron chi connectivity index (χ3n) is 2.62. The van der Waals surface area contributed by atoms with E-state index in [0.29, 0.717) is 0 Å². The van der Waals surface area contributed by atoms with E-state index in [2.05, 4.69) is 36.5 Å². The Labute approximate surface area is 84.2 Å². The first-order chi connectivity index (χ1) is 6.70. The molecule has 2 heterocycles. The van der Waals surface area contributed by atoms with E-state index in [1.807, 2.05) is 24.5 Å². The molecule has 0 spiro atoms. The summed E-state index contributed by atoms with van der Waals surface area (Å²) in [4.78, 5) is 4.03. The molecule has 2 rings (SSSR count). The van der Waals surface area contributed by atoms with E-state index in [-0.39, 0.29) is 0 Å². The summed E-state index contributed by atoms with van der Waals surface area (Å²) in [5.41, 5.74) is 5.11. The Bertz CT molecular complexity index is 441. The molecule has 0 bridgehead atoms. The first-order valence-electron chi connectivity index (χ1n) is 4.73. The topological polar surface area (TPSA) is 17.8 Å². The minimum Gasteiger partial charge on any atom is -0.348 e. The standard InChI is InChI=1S/C12H14N2/c1-9-8-10(2)14(3)12(9)11-4-6-13-7-5-11/h4-8H,1-3H3. The molecule has 0 unspecified atom stereocenters. The van der Waals surface area contributed by atoms with Crippen molar-refractivity contribution in [3.05, 3.63) is 41.9 Å². The van der Waals surface area contributed by atoms with Crippen LogP contribution in [0.2, 0.25) is 0 Å². The van der Waals surface area contributed by atoms with Crippen LogP contribution >= 0.6 is 0 Å². The van der Waals surface area contributed by atoms with Crippen molar-refractivity contribution in [3.63, 3.8) is 0 Å². The predicted molar refractivity (Wildman–Crippen MR) is 58.1 cm³/mol. The van der Waals surface area contributed by atoms with Gasteiger partial charge in [-0.1, -0.05) is 0 Å². The number of aromatic nitrogens is 2. The van der Waals surface area contributed by atoms with Gasteiger partial charge in [0.25, 0.3) is 0 Å². The summed E-state index contributed by atoms with van der Waals surface area (Å²) in [6.07, 6.45) is 3.66.